The molecular weight excluding hydrogens is 264 g/mol. The molecule has 0 bridgehead atoms. The molecule has 0 spiro atoms. The fraction of sp³-hybridized carbons (Fsp3) is 1.00. The van der Waals surface area contributed by atoms with E-state index in [-0.39, 0.29) is 0 Å². The van der Waals surface area contributed by atoms with Gasteiger partial charge in [-0.25, -0.2) is 0 Å². The zero-order valence-electron chi connectivity index (χ0n) is 15.4. The molecule has 5 unspecified atom stereocenters. The lowest BCUT2D eigenvalue weighted by Gasteiger charge is -2.60. The van der Waals surface area contributed by atoms with Gasteiger partial charge in [-0.2, -0.15) is 0 Å². The molecular formula is C22H38. The summed E-state index contributed by atoms with van der Waals surface area (Å²) in [6.07, 6.45) is 18.5. The largest absolute Gasteiger partial charge is 0.0654 e. The van der Waals surface area contributed by atoms with Crippen molar-refractivity contribution >= 4 is 0 Å². The topological polar surface area (TPSA) is 0 Å². The summed E-state index contributed by atoms with van der Waals surface area (Å²) in [5.74, 6) is 5.41. The highest BCUT2D eigenvalue weighted by Crippen LogP contribution is 2.67. The Labute approximate surface area is 138 Å². The molecule has 126 valence electrons. The first kappa shape index (κ1) is 15.5. The highest BCUT2D eigenvalue weighted by molar-refractivity contribution is 5.08. The Balaban J connectivity index is 1.59. The van der Waals surface area contributed by atoms with Crippen LogP contribution < -0.4 is 0 Å². The molecule has 0 aromatic heterocycles. The monoisotopic (exact) mass is 302 g/mol. The zero-order valence-corrected chi connectivity index (χ0v) is 15.4. The second kappa shape index (κ2) is 5.52. The van der Waals surface area contributed by atoms with Crippen molar-refractivity contribution in [2.24, 2.45) is 40.4 Å². The van der Waals surface area contributed by atoms with Crippen molar-refractivity contribution in [3.05, 3.63) is 0 Å². The number of rotatable bonds is 2. The van der Waals surface area contributed by atoms with Crippen LogP contribution in [0.3, 0.4) is 0 Å². The molecule has 0 radical (unpaired) electrons. The molecule has 7 atom stereocenters. The van der Waals surface area contributed by atoms with E-state index in [2.05, 4.69) is 20.8 Å². The van der Waals surface area contributed by atoms with Crippen molar-refractivity contribution in [1.82, 2.24) is 0 Å². The summed E-state index contributed by atoms with van der Waals surface area (Å²) < 4.78 is 0. The van der Waals surface area contributed by atoms with Crippen LogP contribution in [0.5, 0.6) is 0 Å². The third kappa shape index (κ3) is 2.07. The third-order valence-electron chi connectivity index (χ3n) is 9.42. The normalized spacial score (nSPS) is 54.4. The van der Waals surface area contributed by atoms with Crippen molar-refractivity contribution in [2.75, 3.05) is 0 Å². The summed E-state index contributed by atoms with van der Waals surface area (Å²) in [7, 11) is 0. The van der Waals surface area contributed by atoms with Crippen LogP contribution in [0.25, 0.3) is 0 Å². The lowest BCUT2D eigenvalue weighted by molar-refractivity contribution is -0.111. The summed E-state index contributed by atoms with van der Waals surface area (Å²) in [6, 6.07) is 0. The van der Waals surface area contributed by atoms with E-state index in [9.17, 15) is 0 Å². The quantitative estimate of drug-likeness (QED) is 0.524. The fourth-order valence-corrected chi connectivity index (χ4v) is 8.23. The Morgan fingerprint density at radius 1 is 0.773 bits per heavy atom. The Kier molecular flexibility index (Phi) is 3.90. The molecule has 0 amide bonds. The summed E-state index contributed by atoms with van der Waals surface area (Å²) in [6.45, 7) is 7.82. The second-order valence-corrected chi connectivity index (χ2v) is 10.0. The Hall–Kier alpha value is 0. The number of hydrogen-bond acceptors (Lipinski definition) is 0. The van der Waals surface area contributed by atoms with E-state index in [0.717, 1.165) is 40.4 Å². The highest BCUT2D eigenvalue weighted by Gasteiger charge is 2.59. The maximum Gasteiger partial charge on any atom is -0.0266 e. The molecule has 0 nitrogen and oxygen atoms in total. The average Bonchev–Trinajstić information content (AvgIpc) is 2.84. The predicted octanol–water partition coefficient (Wildman–Crippen LogP) is 6.84. The van der Waals surface area contributed by atoms with Crippen LogP contribution in [-0.4, -0.2) is 0 Å². The van der Waals surface area contributed by atoms with Crippen molar-refractivity contribution in [3.8, 4) is 0 Å². The van der Waals surface area contributed by atoms with E-state index < -0.39 is 0 Å². The molecule has 0 aromatic rings. The molecule has 22 heavy (non-hydrogen) atoms. The van der Waals surface area contributed by atoms with E-state index in [1.165, 1.54) is 25.7 Å². The van der Waals surface area contributed by atoms with Crippen LogP contribution in [0.2, 0.25) is 0 Å². The van der Waals surface area contributed by atoms with Crippen LogP contribution in [0.1, 0.15) is 97.8 Å². The lowest BCUT2D eigenvalue weighted by atomic mass is 9.45. The standard InChI is InChI=1S/C22H38/c1-4-7-16-10-12-19-18-11-9-17-8-5-6-14-21(17,2)20(18)13-15-22(16,19)3/h16-20H,4-15H2,1-3H3/t16?,17?,18?,19?,20?,21-,22+/m0/s1. The lowest BCUT2D eigenvalue weighted by Crippen LogP contribution is -2.52. The van der Waals surface area contributed by atoms with E-state index in [0.29, 0.717) is 0 Å². The summed E-state index contributed by atoms with van der Waals surface area (Å²) >= 11 is 0. The number of fused-ring (bicyclic) bond motifs is 5. The summed E-state index contributed by atoms with van der Waals surface area (Å²) in [4.78, 5) is 0. The van der Waals surface area contributed by atoms with Crippen LogP contribution in [0.4, 0.5) is 0 Å². The van der Waals surface area contributed by atoms with Gasteiger partial charge in [-0.3, -0.25) is 0 Å². The van der Waals surface area contributed by atoms with Crippen molar-refractivity contribution < 1.29 is 0 Å². The highest BCUT2D eigenvalue weighted by atomic mass is 14.6. The van der Waals surface area contributed by atoms with Crippen LogP contribution in [0, 0.1) is 40.4 Å². The van der Waals surface area contributed by atoms with Gasteiger partial charge >= 0.3 is 0 Å². The SMILES string of the molecule is CCCC1CCC2C3CCC4CCCC[C@]4(C)C3CC[C@]12C. The third-order valence-corrected chi connectivity index (χ3v) is 9.42. The van der Waals surface area contributed by atoms with Gasteiger partial charge in [0.05, 0.1) is 0 Å². The van der Waals surface area contributed by atoms with Gasteiger partial charge in [0, 0.05) is 0 Å². The molecule has 0 aliphatic heterocycles. The minimum Gasteiger partial charge on any atom is -0.0654 e. The van der Waals surface area contributed by atoms with Crippen LogP contribution in [0.15, 0.2) is 0 Å². The first-order chi connectivity index (χ1) is 10.6. The molecule has 0 N–H and O–H groups in total. The Bertz CT molecular complexity index is 412. The molecule has 4 saturated carbocycles. The Morgan fingerprint density at radius 3 is 2.41 bits per heavy atom. The molecule has 4 rings (SSSR count). The fourth-order valence-electron chi connectivity index (χ4n) is 8.23. The van der Waals surface area contributed by atoms with Gasteiger partial charge in [0.25, 0.3) is 0 Å². The van der Waals surface area contributed by atoms with Crippen molar-refractivity contribution in [2.45, 2.75) is 97.8 Å². The van der Waals surface area contributed by atoms with Gasteiger partial charge in [-0.15, -0.1) is 0 Å². The van der Waals surface area contributed by atoms with E-state index >= 15 is 0 Å². The predicted molar refractivity (Wildman–Crippen MR) is 94.7 cm³/mol. The molecule has 0 heteroatoms. The smallest absolute Gasteiger partial charge is 0.0266 e. The van der Waals surface area contributed by atoms with Gasteiger partial charge < -0.3 is 0 Å². The van der Waals surface area contributed by atoms with E-state index in [4.69, 9.17) is 0 Å². The summed E-state index contributed by atoms with van der Waals surface area (Å²) in [5.41, 5.74) is 1.44. The zero-order chi connectivity index (χ0) is 15.4. The van der Waals surface area contributed by atoms with Crippen LogP contribution >= 0.6 is 0 Å². The minimum absolute atomic E-state index is 0.717. The van der Waals surface area contributed by atoms with Gasteiger partial charge in [0.2, 0.25) is 0 Å². The molecule has 4 aliphatic carbocycles. The van der Waals surface area contributed by atoms with Gasteiger partial charge in [-0.05, 0) is 91.8 Å². The number of hydrogen-bond donors (Lipinski definition) is 0. The first-order valence-corrected chi connectivity index (χ1v) is 10.6. The van der Waals surface area contributed by atoms with Gasteiger partial charge in [-0.1, -0.05) is 46.5 Å². The van der Waals surface area contributed by atoms with E-state index in [1.54, 1.807) is 51.4 Å². The van der Waals surface area contributed by atoms with Crippen LogP contribution in [-0.2, 0) is 0 Å². The second-order valence-electron chi connectivity index (χ2n) is 10.0. The molecule has 0 aromatic carbocycles. The maximum absolute atomic E-state index is 2.72. The van der Waals surface area contributed by atoms with Crippen molar-refractivity contribution in [1.29, 1.82) is 0 Å². The first-order valence-electron chi connectivity index (χ1n) is 10.6. The molecule has 4 fully saturated rings. The minimum atomic E-state index is 0.717. The van der Waals surface area contributed by atoms with Gasteiger partial charge in [0.1, 0.15) is 0 Å². The maximum atomic E-state index is 2.72. The van der Waals surface area contributed by atoms with E-state index in [1.807, 2.05) is 0 Å². The Morgan fingerprint density at radius 2 is 1.59 bits per heavy atom. The van der Waals surface area contributed by atoms with Gasteiger partial charge in [0.15, 0.2) is 0 Å². The molecule has 4 aliphatic rings. The van der Waals surface area contributed by atoms with Crippen molar-refractivity contribution in [3.63, 3.8) is 0 Å². The summed E-state index contributed by atoms with van der Waals surface area (Å²) in [5, 5.41) is 0. The molecule has 0 heterocycles. The average molecular weight is 303 g/mol. The molecule has 0 saturated heterocycles.